The molecule has 206 valence electrons. The lowest BCUT2D eigenvalue weighted by Gasteiger charge is -2.16. The third-order valence-electron chi connectivity index (χ3n) is 7.93. The van der Waals surface area contributed by atoms with Crippen molar-refractivity contribution < 1.29 is 9.53 Å². The largest absolute Gasteiger partial charge is 0.477 e. The van der Waals surface area contributed by atoms with E-state index in [2.05, 4.69) is 32.5 Å². The number of aryl methyl sites for hydroxylation is 1. The van der Waals surface area contributed by atoms with Crippen molar-refractivity contribution in [2.75, 3.05) is 12.3 Å². The van der Waals surface area contributed by atoms with Crippen molar-refractivity contribution in [1.29, 1.82) is 0 Å². The van der Waals surface area contributed by atoms with Gasteiger partial charge in [-0.25, -0.2) is 24.6 Å². The highest BCUT2D eigenvalue weighted by molar-refractivity contribution is 5.96. The van der Waals surface area contributed by atoms with Crippen molar-refractivity contribution >= 4 is 22.9 Å². The third kappa shape index (κ3) is 3.89. The first kappa shape index (κ1) is 24.2. The molecule has 5 aromatic heterocycles. The lowest BCUT2D eigenvalue weighted by Crippen LogP contribution is -2.28. The minimum absolute atomic E-state index is 0.0924. The Hall–Kier alpha value is -5.58. The van der Waals surface area contributed by atoms with Gasteiger partial charge in [0, 0.05) is 48.0 Å². The number of rotatable bonds is 5. The standard InChI is InChI=1S/C31H25N9O2/c32-27-23(3-1-12-33-27)28-36-25-8-9-26(39-15-2-13-35-39)38-29(25)40(28)19-5-6-20-18(17-19)4-7-24(20)37-30(41)21-10-14-34-31-22(21)11-16-42-31/h1-3,5-6,8-10,12-15,17,24H,4,7,11,16H2,(H2,32,33)(H,37,41)/t24-/m0/s1. The zero-order valence-electron chi connectivity index (χ0n) is 22.4. The van der Waals surface area contributed by atoms with Gasteiger partial charge in [-0.1, -0.05) is 6.07 Å². The molecule has 0 fully saturated rings. The smallest absolute Gasteiger partial charge is 0.252 e. The van der Waals surface area contributed by atoms with Crippen LogP contribution in [0, 0.1) is 0 Å². The summed E-state index contributed by atoms with van der Waals surface area (Å²) in [7, 11) is 0. The number of benzene rings is 1. The van der Waals surface area contributed by atoms with Gasteiger partial charge in [0.25, 0.3) is 5.91 Å². The highest BCUT2D eigenvalue weighted by Gasteiger charge is 2.28. The molecule has 1 aliphatic carbocycles. The van der Waals surface area contributed by atoms with Crippen molar-refractivity contribution in [1.82, 2.24) is 39.6 Å². The molecule has 0 spiro atoms. The van der Waals surface area contributed by atoms with Gasteiger partial charge in [0.1, 0.15) is 11.3 Å². The van der Waals surface area contributed by atoms with Crippen LogP contribution in [-0.4, -0.2) is 46.8 Å². The van der Waals surface area contributed by atoms with Crippen LogP contribution < -0.4 is 15.8 Å². The van der Waals surface area contributed by atoms with Crippen molar-refractivity contribution in [3.05, 3.63) is 102 Å². The molecule has 0 radical (unpaired) electrons. The van der Waals surface area contributed by atoms with Gasteiger partial charge in [0.2, 0.25) is 5.88 Å². The van der Waals surface area contributed by atoms with E-state index >= 15 is 0 Å². The van der Waals surface area contributed by atoms with Gasteiger partial charge in [0.15, 0.2) is 17.3 Å². The average Bonchev–Trinajstić information content (AvgIpc) is 3.83. The number of hydrogen-bond donors (Lipinski definition) is 2. The van der Waals surface area contributed by atoms with Gasteiger partial charge >= 0.3 is 0 Å². The predicted molar refractivity (Wildman–Crippen MR) is 156 cm³/mol. The fourth-order valence-electron chi connectivity index (χ4n) is 5.94. The maximum Gasteiger partial charge on any atom is 0.252 e. The summed E-state index contributed by atoms with van der Waals surface area (Å²) in [6.45, 7) is 0.551. The van der Waals surface area contributed by atoms with Crippen molar-refractivity contribution in [2.45, 2.75) is 25.3 Å². The molecule has 0 saturated heterocycles. The molecular formula is C31H25N9O2. The Morgan fingerprint density at radius 3 is 2.83 bits per heavy atom. The molecule has 0 unspecified atom stereocenters. The quantitative estimate of drug-likeness (QED) is 0.326. The Balaban J connectivity index is 1.19. The maximum atomic E-state index is 13.3. The number of amides is 1. The number of carbonyl (C=O) groups excluding carboxylic acids is 1. The molecule has 11 heteroatoms. The first-order valence-corrected chi connectivity index (χ1v) is 13.8. The fraction of sp³-hybridized carbons (Fsp3) is 0.161. The average molecular weight is 556 g/mol. The Morgan fingerprint density at radius 1 is 1.00 bits per heavy atom. The SMILES string of the molecule is Nc1ncccc1-c1nc2ccc(-n3cccn3)nc2n1-c1ccc2c(c1)CC[C@@H]2NC(=O)c1ccnc2c1CCO2. The Morgan fingerprint density at radius 2 is 1.95 bits per heavy atom. The van der Waals surface area contributed by atoms with Gasteiger partial charge < -0.3 is 15.8 Å². The van der Waals surface area contributed by atoms with Gasteiger partial charge in [0.05, 0.1) is 18.2 Å². The van der Waals surface area contributed by atoms with E-state index in [1.54, 1.807) is 29.3 Å². The number of nitrogens with zero attached hydrogens (tertiary/aromatic N) is 7. The number of nitrogen functional groups attached to an aromatic ring is 1. The number of imidazole rings is 1. The van der Waals surface area contributed by atoms with Crippen LogP contribution in [0.1, 0.15) is 39.5 Å². The zero-order valence-corrected chi connectivity index (χ0v) is 22.4. The maximum absolute atomic E-state index is 13.3. The second-order valence-electron chi connectivity index (χ2n) is 10.4. The number of carbonyl (C=O) groups is 1. The molecular weight excluding hydrogens is 530 g/mol. The van der Waals surface area contributed by atoms with Crippen LogP contribution in [0.2, 0.25) is 0 Å². The van der Waals surface area contributed by atoms with Gasteiger partial charge in [-0.2, -0.15) is 5.10 Å². The van der Waals surface area contributed by atoms with E-state index < -0.39 is 0 Å². The third-order valence-corrected chi connectivity index (χ3v) is 7.93. The summed E-state index contributed by atoms with van der Waals surface area (Å²) in [6.07, 6.45) is 9.19. The van der Waals surface area contributed by atoms with Crippen molar-refractivity contribution in [3.8, 4) is 28.8 Å². The lowest BCUT2D eigenvalue weighted by atomic mass is 10.0. The number of anilines is 1. The minimum atomic E-state index is -0.105. The molecule has 1 aliphatic heterocycles. The summed E-state index contributed by atoms with van der Waals surface area (Å²) >= 11 is 0. The van der Waals surface area contributed by atoms with Crippen LogP contribution >= 0.6 is 0 Å². The van der Waals surface area contributed by atoms with E-state index in [0.717, 1.165) is 46.3 Å². The number of nitrogens with one attached hydrogen (secondary N) is 1. The summed E-state index contributed by atoms with van der Waals surface area (Å²) < 4.78 is 9.29. The highest BCUT2D eigenvalue weighted by atomic mass is 16.5. The van der Waals surface area contributed by atoms with Crippen molar-refractivity contribution in [3.63, 3.8) is 0 Å². The number of aromatic nitrogens is 7. The molecule has 6 heterocycles. The molecule has 1 atom stereocenters. The number of pyridine rings is 3. The summed E-state index contributed by atoms with van der Waals surface area (Å²) in [6, 6.07) is 17.4. The van der Waals surface area contributed by atoms with Crippen LogP contribution in [0.3, 0.4) is 0 Å². The number of hydrogen-bond acceptors (Lipinski definition) is 8. The molecule has 8 rings (SSSR count). The van der Waals surface area contributed by atoms with E-state index in [0.29, 0.717) is 47.6 Å². The Bertz CT molecular complexity index is 2000. The van der Waals surface area contributed by atoms with Crippen LogP contribution in [0.15, 0.2) is 79.4 Å². The van der Waals surface area contributed by atoms with E-state index in [-0.39, 0.29) is 11.9 Å². The summed E-state index contributed by atoms with van der Waals surface area (Å²) in [4.78, 5) is 31.7. The number of nitrogens with two attached hydrogens (primary N) is 1. The highest BCUT2D eigenvalue weighted by Crippen LogP contribution is 2.36. The summed E-state index contributed by atoms with van der Waals surface area (Å²) in [5, 5.41) is 7.59. The molecule has 3 N–H and O–H groups in total. The van der Waals surface area contributed by atoms with Crippen LogP contribution in [0.4, 0.5) is 5.82 Å². The van der Waals surface area contributed by atoms with Gasteiger partial charge in [-0.3, -0.25) is 9.36 Å². The van der Waals surface area contributed by atoms with E-state index in [4.69, 9.17) is 20.4 Å². The van der Waals surface area contributed by atoms with Crippen LogP contribution in [0.25, 0.3) is 34.1 Å². The number of fused-ring (bicyclic) bond motifs is 3. The second-order valence-corrected chi connectivity index (χ2v) is 10.4. The molecule has 42 heavy (non-hydrogen) atoms. The monoisotopic (exact) mass is 555 g/mol. The summed E-state index contributed by atoms with van der Waals surface area (Å²) in [5.41, 5.74) is 13.1. The zero-order chi connectivity index (χ0) is 28.2. The van der Waals surface area contributed by atoms with Crippen molar-refractivity contribution in [2.24, 2.45) is 0 Å². The summed E-state index contributed by atoms with van der Waals surface area (Å²) in [5.74, 6) is 2.17. The first-order valence-electron chi connectivity index (χ1n) is 13.8. The second kappa shape index (κ2) is 9.51. The van der Waals surface area contributed by atoms with Crippen LogP contribution in [-0.2, 0) is 12.8 Å². The molecule has 6 aromatic rings. The van der Waals surface area contributed by atoms with E-state index in [9.17, 15) is 4.79 Å². The molecule has 2 aliphatic rings. The Labute approximate surface area is 240 Å². The topological polar surface area (TPSA) is 139 Å². The predicted octanol–water partition coefficient (Wildman–Crippen LogP) is 4.00. The molecule has 0 bridgehead atoms. The van der Waals surface area contributed by atoms with Gasteiger partial charge in [-0.15, -0.1) is 0 Å². The molecule has 11 nitrogen and oxygen atoms in total. The van der Waals surface area contributed by atoms with E-state index in [1.165, 1.54) is 0 Å². The molecule has 0 saturated carbocycles. The van der Waals surface area contributed by atoms with Gasteiger partial charge in [-0.05, 0) is 72.5 Å². The number of ether oxygens (including phenoxy) is 1. The Kier molecular flexibility index (Phi) is 5.49. The van der Waals surface area contributed by atoms with E-state index in [1.807, 2.05) is 47.2 Å². The molecule has 1 amide bonds. The molecule has 1 aromatic carbocycles. The van der Waals surface area contributed by atoms with Crippen LogP contribution in [0.5, 0.6) is 5.88 Å². The minimum Gasteiger partial charge on any atom is -0.477 e. The first-order chi connectivity index (χ1) is 20.6. The lowest BCUT2D eigenvalue weighted by molar-refractivity contribution is 0.0935. The normalized spacial score (nSPS) is 15.4. The fourth-order valence-corrected chi connectivity index (χ4v) is 5.94.